The molecule has 0 aromatic heterocycles. The number of halogens is 1. The summed E-state index contributed by atoms with van der Waals surface area (Å²) in [6.45, 7) is 2.26. The van der Waals surface area contributed by atoms with Crippen LogP contribution in [0, 0.1) is 0 Å². The second kappa shape index (κ2) is 7.62. The van der Waals surface area contributed by atoms with Crippen LogP contribution in [0.2, 0.25) is 0 Å². The molecular formula is C10H18ClN3O2S. The molecule has 0 aliphatic carbocycles. The molecule has 0 saturated carbocycles. The summed E-state index contributed by atoms with van der Waals surface area (Å²) < 4.78 is 27.3. The zero-order valence-electron chi connectivity index (χ0n) is 9.59. The summed E-state index contributed by atoms with van der Waals surface area (Å²) in [5.74, 6) is 0. The van der Waals surface area contributed by atoms with Crippen LogP contribution in [0.15, 0.2) is 30.3 Å². The van der Waals surface area contributed by atoms with Crippen molar-refractivity contribution in [2.75, 3.05) is 13.1 Å². The van der Waals surface area contributed by atoms with Gasteiger partial charge in [0.25, 0.3) is 10.2 Å². The Morgan fingerprint density at radius 2 is 1.82 bits per heavy atom. The summed E-state index contributed by atoms with van der Waals surface area (Å²) in [5, 5.41) is 0. The van der Waals surface area contributed by atoms with Gasteiger partial charge in [0.2, 0.25) is 0 Å². The maximum absolute atomic E-state index is 11.3. The van der Waals surface area contributed by atoms with Crippen molar-refractivity contribution in [3.05, 3.63) is 35.9 Å². The Labute approximate surface area is 108 Å². The molecule has 0 amide bonds. The smallest absolute Gasteiger partial charge is 0.276 e. The molecule has 4 N–H and O–H groups in total. The molecule has 0 aliphatic rings. The van der Waals surface area contributed by atoms with Crippen LogP contribution in [0.3, 0.4) is 0 Å². The third kappa shape index (κ3) is 5.99. The molecule has 0 heterocycles. The molecule has 7 heteroatoms. The molecule has 0 spiro atoms. The first kappa shape index (κ1) is 16.3. The predicted molar refractivity (Wildman–Crippen MR) is 71.2 cm³/mol. The number of hydrogen-bond donors (Lipinski definition) is 3. The lowest BCUT2D eigenvalue weighted by molar-refractivity contribution is 0.560. The fourth-order valence-corrected chi connectivity index (χ4v) is 2.14. The van der Waals surface area contributed by atoms with Gasteiger partial charge in [0.05, 0.1) is 0 Å². The zero-order valence-corrected chi connectivity index (χ0v) is 11.2. The molecule has 98 valence electrons. The van der Waals surface area contributed by atoms with E-state index in [2.05, 4.69) is 9.44 Å². The van der Waals surface area contributed by atoms with Crippen molar-refractivity contribution in [1.29, 1.82) is 0 Å². The molecule has 0 fully saturated rings. The number of benzene rings is 1. The van der Waals surface area contributed by atoms with E-state index < -0.39 is 10.2 Å². The van der Waals surface area contributed by atoms with Gasteiger partial charge in [-0.25, -0.2) is 9.44 Å². The number of hydrogen-bond acceptors (Lipinski definition) is 3. The molecular weight excluding hydrogens is 262 g/mol. The van der Waals surface area contributed by atoms with Gasteiger partial charge < -0.3 is 5.73 Å². The molecule has 0 saturated heterocycles. The number of nitrogens with one attached hydrogen (secondary N) is 2. The van der Waals surface area contributed by atoms with Crippen LogP contribution in [0.4, 0.5) is 0 Å². The third-order valence-electron chi connectivity index (χ3n) is 2.06. The topological polar surface area (TPSA) is 84.2 Å². The van der Waals surface area contributed by atoms with E-state index in [4.69, 9.17) is 5.73 Å². The van der Waals surface area contributed by atoms with Gasteiger partial charge >= 0.3 is 0 Å². The Morgan fingerprint density at radius 1 is 1.24 bits per heavy atom. The van der Waals surface area contributed by atoms with E-state index in [0.717, 1.165) is 5.56 Å². The minimum Gasteiger partial charge on any atom is -0.323 e. The minimum absolute atomic E-state index is 0. The lowest BCUT2D eigenvalue weighted by Crippen LogP contribution is -2.40. The Morgan fingerprint density at radius 3 is 2.35 bits per heavy atom. The molecule has 1 unspecified atom stereocenters. The van der Waals surface area contributed by atoms with Crippen LogP contribution in [-0.4, -0.2) is 21.5 Å². The van der Waals surface area contributed by atoms with Crippen LogP contribution in [0.1, 0.15) is 18.5 Å². The molecule has 5 nitrogen and oxygen atoms in total. The highest BCUT2D eigenvalue weighted by Gasteiger charge is 2.11. The Balaban J connectivity index is 0.00000256. The predicted octanol–water partition coefficient (Wildman–Crippen LogP) is 0.552. The van der Waals surface area contributed by atoms with E-state index >= 15 is 0 Å². The monoisotopic (exact) mass is 279 g/mol. The molecule has 0 aliphatic heterocycles. The van der Waals surface area contributed by atoms with Crippen LogP contribution in [0.5, 0.6) is 0 Å². The van der Waals surface area contributed by atoms with Crippen molar-refractivity contribution in [3.8, 4) is 0 Å². The van der Waals surface area contributed by atoms with E-state index in [1.807, 2.05) is 30.3 Å². The first-order chi connectivity index (χ1) is 7.55. The van der Waals surface area contributed by atoms with Gasteiger partial charge in [0.1, 0.15) is 0 Å². The van der Waals surface area contributed by atoms with Crippen LogP contribution in [0.25, 0.3) is 0 Å². The number of rotatable bonds is 6. The molecule has 1 atom stereocenters. The Bertz CT molecular complexity index is 411. The highest BCUT2D eigenvalue weighted by Crippen LogP contribution is 2.07. The quantitative estimate of drug-likeness (QED) is 0.711. The first-order valence-electron chi connectivity index (χ1n) is 5.10. The molecule has 1 rings (SSSR count). The first-order valence-corrected chi connectivity index (χ1v) is 6.58. The van der Waals surface area contributed by atoms with E-state index in [1.165, 1.54) is 0 Å². The fourth-order valence-electron chi connectivity index (χ4n) is 1.26. The van der Waals surface area contributed by atoms with Crippen molar-refractivity contribution in [3.63, 3.8) is 0 Å². The lowest BCUT2D eigenvalue weighted by Gasteiger charge is -2.13. The molecule has 0 radical (unpaired) electrons. The molecule has 0 bridgehead atoms. The van der Waals surface area contributed by atoms with Gasteiger partial charge in [-0.1, -0.05) is 37.3 Å². The van der Waals surface area contributed by atoms with Gasteiger partial charge in [0.15, 0.2) is 0 Å². The molecule has 1 aromatic carbocycles. The largest absolute Gasteiger partial charge is 0.323 e. The summed E-state index contributed by atoms with van der Waals surface area (Å²) >= 11 is 0. The van der Waals surface area contributed by atoms with Crippen molar-refractivity contribution in [1.82, 2.24) is 9.44 Å². The SMILES string of the molecule is CCNS(=O)(=O)NCC(N)c1ccccc1.Cl. The fraction of sp³-hybridized carbons (Fsp3) is 0.400. The highest BCUT2D eigenvalue weighted by atomic mass is 35.5. The molecule has 17 heavy (non-hydrogen) atoms. The normalized spacial score (nSPS) is 12.8. The van der Waals surface area contributed by atoms with Crippen molar-refractivity contribution >= 4 is 22.6 Å². The summed E-state index contributed by atoms with van der Waals surface area (Å²) in [7, 11) is -3.41. The van der Waals surface area contributed by atoms with Crippen LogP contribution in [-0.2, 0) is 10.2 Å². The summed E-state index contributed by atoms with van der Waals surface area (Å²) in [6, 6.07) is 9.02. The van der Waals surface area contributed by atoms with Crippen LogP contribution >= 0.6 is 12.4 Å². The van der Waals surface area contributed by atoms with Crippen molar-refractivity contribution in [2.45, 2.75) is 13.0 Å². The minimum atomic E-state index is -3.41. The second-order valence-corrected chi connectivity index (χ2v) is 4.95. The highest BCUT2D eigenvalue weighted by molar-refractivity contribution is 7.87. The third-order valence-corrected chi connectivity index (χ3v) is 3.27. The maximum atomic E-state index is 11.3. The summed E-state index contributed by atoms with van der Waals surface area (Å²) in [6.07, 6.45) is 0. The average molecular weight is 280 g/mol. The van der Waals surface area contributed by atoms with Crippen LogP contribution < -0.4 is 15.2 Å². The summed E-state index contributed by atoms with van der Waals surface area (Å²) in [4.78, 5) is 0. The van der Waals surface area contributed by atoms with Gasteiger partial charge in [-0.2, -0.15) is 8.42 Å². The Hall–Kier alpha value is -0.660. The maximum Gasteiger partial charge on any atom is 0.276 e. The zero-order chi connectivity index (χ0) is 12.0. The standard InChI is InChI=1S/C10H17N3O2S.ClH/c1-2-12-16(14,15)13-8-10(11)9-6-4-3-5-7-9;/h3-7,10,12-13H,2,8,11H2,1H3;1H. The van der Waals surface area contributed by atoms with Crippen molar-refractivity contribution < 1.29 is 8.42 Å². The van der Waals surface area contributed by atoms with E-state index in [-0.39, 0.29) is 25.0 Å². The van der Waals surface area contributed by atoms with Gasteiger partial charge in [0, 0.05) is 19.1 Å². The van der Waals surface area contributed by atoms with E-state index in [9.17, 15) is 8.42 Å². The second-order valence-electron chi connectivity index (χ2n) is 3.37. The average Bonchev–Trinajstić information content (AvgIpc) is 2.27. The van der Waals surface area contributed by atoms with Gasteiger partial charge in [-0.05, 0) is 5.56 Å². The van der Waals surface area contributed by atoms with Crippen molar-refractivity contribution in [2.24, 2.45) is 5.73 Å². The van der Waals surface area contributed by atoms with E-state index in [1.54, 1.807) is 6.92 Å². The van der Waals surface area contributed by atoms with Gasteiger partial charge in [-0.3, -0.25) is 0 Å². The summed E-state index contributed by atoms with van der Waals surface area (Å²) in [5.41, 5.74) is 6.75. The molecule has 1 aromatic rings. The van der Waals surface area contributed by atoms with Gasteiger partial charge in [-0.15, -0.1) is 12.4 Å². The lowest BCUT2D eigenvalue weighted by atomic mass is 10.1. The Kier molecular flexibility index (Phi) is 7.33. The van der Waals surface area contributed by atoms with E-state index in [0.29, 0.717) is 6.54 Å². The number of nitrogens with two attached hydrogens (primary N) is 1.